The van der Waals surface area contributed by atoms with Gasteiger partial charge >= 0.3 is 0 Å². The van der Waals surface area contributed by atoms with E-state index in [1.807, 2.05) is 91.8 Å². The maximum Gasteiger partial charge on any atom is 0.264 e. The lowest BCUT2D eigenvalue weighted by Gasteiger charge is -2.28. The van der Waals surface area contributed by atoms with Gasteiger partial charge in [0.05, 0.1) is 34.4 Å². The fraction of sp³-hybridized carbons (Fsp3) is 0.510. The van der Waals surface area contributed by atoms with Crippen molar-refractivity contribution in [3.05, 3.63) is 119 Å². The molecule has 2 fully saturated rings. The molecule has 2 aliphatic rings. The summed E-state index contributed by atoms with van der Waals surface area (Å²) in [6, 6.07) is 25.3. The van der Waals surface area contributed by atoms with Crippen LogP contribution in [0.5, 0.6) is 11.5 Å². The number of ether oxygens (including phenoxy) is 4. The van der Waals surface area contributed by atoms with Gasteiger partial charge in [-0.3, -0.25) is 8.61 Å². The molecule has 2 aliphatic heterocycles. The number of sulfonamides is 2. The highest BCUT2D eigenvalue weighted by molar-refractivity contribution is 7.93. The zero-order chi connectivity index (χ0) is 48.2. The van der Waals surface area contributed by atoms with Gasteiger partial charge in [0.2, 0.25) is 7.05 Å². The number of benzene rings is 4. The summed E-state index contributed by atoms with van der Waals surface area (Å²) in [5, 5.41) is 0. The van der Waals surface area contributed by atoms with Crippen LogP contribution in [-0.2, 0) is 29.5 Å². The number of hydrogen-bond acceptors (Lipinski definition) is 8. The summed E-state index contributed by atoms with van der Waals surface area (Å²) < 4.78 is 79.6. The minimum absolute atomic E-state index is 0.197. The fourth-order valence-corrected chi connectivity index (χ4v) is 10.8. The number of hydrogen-bond donors (Lipinski definition) is 0. The van der Waals surface area contributed by atoms with Crippen molar-refractivity contribution in [3.63, 3.8) is 0 Å². The molecule has 4 aromatic carbocycles. The van der Waals surface area contributed by atoms with Crippen molar-refractivity contribution < 1.29 is 35.8 Å². The fourth-order valence-electron chi connectivity index (χ4n) is 7.41. The summed E-state index contributed by atoms with van der Waals surface area (Å²) >= 11 is 4.64. The molecular formula is C51H72ClN3O8S2. The number of nitrogens with zero attached hydrogens (tertiary/aromatic N) is 3. The molecule has 0 aliphatic carbocycles. The van der Waals surface area contributed by atoms with Gasteiger partial charge in [-0.1, -0.05) is 63.1 Å². The first kappa shape index (κ1) is 55.0. The second-order valence-electron chi connectivity index (χ2n) is 17.3. The van der Waals surface area contributed by atoms with Crippen molar-refractivity contribution >= 4 is 43.0 Å². The van der Waals surface area contributed by atoms with Crippen LogP contribution in [0.15, 0.2) is 94.7 Å². The van der Waals surface area contributed by atoms with Gasteiger partial charge in [0, 0.05) is 45.9 Å². The zero-order valence-electron chi connectivity index (χ0n) is 40.2. The van der Waals surface area contributed by atoms with Crippen LogP contribution in [0.25, 0.3) is 4.85 Å². The van der Waals surface area contributed by atoms with E-state index in [-0.39, 0.29) is 21.6 Å². The van der Waals surface area contributed by atoms with Gasteiger partial charge in [0.15, 0.2) is 0 Å². The molecule has 4 aromatic rings. The van der Waals surface area contributed by atoms with Gasteiger partial charge in [-0.25, -0.2) is 23.4 Å². The first-order valence-corrected chi connectivity index (χ1v) is 26.0. The number of halogens is 1. The van der Waals surface area contributed by atoms with Crippen LogP contribution in [-0.4, -0.2) is 83.0 Å². The lowest BCUT2D eigenvalue weighted by atomic mass is 10.0. The van der Waals surface area contributed by atoms with Crippen LogP contribution >= 0.6 is 11.6 Å². The summed E-state index contributed by atoms with van der Waals surface area (Å²) in [7, 11) is -5.93. The molecule has 65 heavy (non-hydrogen) atoms. The van der Waals surface area contributed by atoms with Crippen LogP contribution in [0.4, 0.5) is 11.4 Å². The van der Waals surface area contributed by atoms with Gasteiger partial charge in [-0.15, -0.1) is 11.6 Å². The zero-order valence-corrected chi connectivity index (χ0v) is 42.6. The van der Waals surface area contributed by atoms with Crippen molar-refractivity contribution in [2.75, 3.05) is 74.8 Å². The van der Waals surface area contributed by atoms with Crippen molar-refractivity contribution in [1.82, 2.24) is 0 Å². The van der Waals surface area contributed by atoms with E-state index >= 15 is 0 Å². The highest BCUT2D eigenvalue weighted by Crippen LogP contribution is 2.32. The van der Waals surface area contributed by atoms with E-state index in [0.29, 0.717) is 49.6 Å². The lowest BCUT2D eigenvalue weighted by molar-refractivity contribution is 0.0497. The van der Waals surface area contributed by atoms with Crippen LogP contribution in [0, 0.1) is 57.9 Å². The Morgan fingerprint density at radius 1 is 0.600 bits per heavy atom. The molecule has 2 saturated heterocycles. The van der Waals surface area contributed by atoms with Crippen LogP contribution in [0.2, 0.25) is 0 Å². The highest BCUT2D eigenvalue weighted by Gasteiger charge is 2.29. The summed E-state index contributed by atoms with van der Waals surface area (Å²) in [6.07, 6.45) is 5.50. The maximum absolute atomic E-state index is 13.5. The predicted octanol–water partition coefficient (Wildman–Crippen LogP) is 11.3. The van der Waals surface area contributed by atoms with E-state index in [0.717, 1.165) is 85.7 Å². The van der Waals surface area contributed by atoms with Crippen LogP contribution < -0.4 is 18.1 Å². The maximum atomic E-state index is 13.5. The molecule has 358 valence electrons. The molecule has 0 radical (unpaired) electrons. The largest absolute Gasteiger partial charge is 0.493 e. The molecule has 0 bridgehead atoms. The second kappa shape index (κ2) is 27.4. The Kier molecular flexibility index (Phi) is 23.1. The van der Waals surface area contributed by atoms with E-state index in [1.54, 1.807) is 48.5 Å². The summed E-state index contributed by atoms with van der Waals surface area (Å²) in [4.78, 5) is 3.31. The van der Waals surface area contributed by atoms with Gasteiger partial charge in [-0.2, -0.15) is 0 Å². The minimum Gasteiger partial charge on any atom is -0.493 e. The van der Waals surface area contributed by atoms with E-state index in [9.17, 15) is 16.8 Å². The average molecular weight is 955 g/mol. The molecule has 0 aromatic heterocycles. The monoisotopic (exact) mass is 953 g/mol. The lowest BCUT2D eigenvalue weighted by Crippen LogP contribution is -2.34. The third-order valence-electron chi connectivity index (χ3n) is 10.8. The molecule has 2 heterocycles. The Morgan fingerprint density at radius 3 is 1.18 bits per heavy atom. The molecular weight excluding hydrogens is 882 g/mol. The smallest absolute Gasteiger partial charge is 0.264 e. The Balaban J connectivity index is 0.000000314. The standard InChI is InChI=1S/2C24H33NO4S.C2H3N.CH3Cl/c2*1-18(2)16-25(24-10-5-19(3)15-20(24)4)30(26,27)23-8-6-22(7-9-23)29-17-21-11-13-28-14-12-21;1-3-2;1-2/h2*5-10,15,18,21H,11-14,16-17H2,1-4H3;1H3;1H3. The van der Waals surface area contributed by atoms with E-state index < -0.39 is 20.0 Å². The second-order valence-corrected chi connectivity index (χ2v) is 21.1. The van der Waals surface area contributed by atoms with Gasteiger partial charge in [0.1, 0.15) is 11.5 Å². The summed E-state index contributed by atoms with van der Waals surface area (Å²) in [5.74, 6) is 2.77. The highest BCUT2D eigenvalue weighted by atomic mass is 35.5. The number of aryl methyl sites for hydroxylation is 4. The number of rotatable bonds is 16. The first-order valence-electron chi connectivity index (χ1n) is 22.4. The Morgan fingerprint density at radius 2 is 0.908 bits per heavy atom. The summed E-state index contributed by atoms with van der Waals surface area (Å²) in [6.45, 7) is 27.1. The van der Waals surface area contributed by atoms with Gasteiger partial charge in [0.25, 0.3) is 20.0 Å². The molecule has 0 spiro atoms. The number of alkyl halides is 1. The third kappa shape index (κ3) is 17.1. The molecule has 6 rings (SSSR count). The van der Waals surface area contributed by atoms with Crippen LogP contribution in [0.1, 0.15) is 75.6 Å². The molecule has 0 unspecified atom stereocenters. The minimum atomic E-state index is -3.68. The molecule has 14 heteroatoms. The average Bonchev–Trinajstić information content (AvgIpc) is 3.28. The topological polar surface area (TPSA) is 116 Å². The van der Waals surface area contributed by atoms with Crippen molar-refractivity contribution in [1.29, 1.82) is 0 Å². The van der Waals surface area contributed by atoms with E-state index in [2.05, 4.69) is 16.4 Å². The van der Waals surface area contributed by atoms with Gasteiger partial charge in [-0.05, 0) is 149 Å². The Bertz CT molecular complexity index is 2130. The Hall–Kier alpha value is -4.32. The normalized spacial score (nSPS) is 14.4. The SMILES string of the molecule is CCl.Cc1ccc(N(CC(C)C)S(=O)(=O)c2ccc(OCC3CCOCC3)cc2)c(C)c1.Cc1ccc(N(CC(C)C)S(=O)(=O)c2ccc(OCC3CCOCC3)cc2)c(C)c1.[C-]#[N+]C. The van der Waals surface area contributed by atoms with Crippen molar-refractivity contribution in [2.45, 2.75) is 90.9 Å². The Labute approximate surface area is 396 Å². The van der Waals surface area contributed by atoms with Crippen molar-refractivity contribution in [3.8, 4) is 11.5 Å². The molecule has 11 nitrogen and oxygen atoms in total. The predicted molar refractivity (Wildman–Crippen MR) is 266 cm³/mol. The molecule has 0 N–H and O–H groups in total. The van der Waals surface area contributed by atoms with Gasteiger partial charge < -0.3 is 23.8 Å². The molecule has 0 saturated carbocycles. The molecule has 0 amide bonds. The van der Waals surface area contributed by atoms with E-state index in [1.165, 1.54) is 22.0 Å². The molecule has 0 atom stereocenters. The van der Waals surface area contributed by atoms with Crippen LogP contribution in [0.3, 0.4) is 0 Å². The van der Waals surface area contributed by atoms with E-state index in [4.69, 9.17) is 25.5 Å². The number of anilines is 2. The quantitative estimate of drug-likeness (QED) is 0.0805. The van der Waals surface area contributed by atoms with Crippen molar-refractivity contribution in [2.24, 2.45) is 23.7 Å². The third-order valence-corrected chi connectivity index (χ3v) is 14.4. The first-order chi connectivity index (χ1) is 31.0. The summed E-state index contributed by atoms with van der Waals surface area (Å²) in [5.41, 5.74) is 5.60.